The molecule has 1 amide bonds. The monoisotopic (exact) mass is 932 g/mol. The molecule has 3 aliphatic rings. The number of nitrogens with one attached hydrogen (secondary N) is 1. The highest BCUT2D eigenvalue weighted by Crippen LogP contribution is 2.56. The molecule has 0 bridgehead atoms. The second-order valence-corrected chi connectivity index (χ2v) is 15.8. The van der Waals surface area contributed by atoms with Crippen molar-refractivity contribution < 1.29 is 80.7 Å². The number of ether oxygens (including phenoxy) is 14. The minimum Gasteiger partial charge on any atom is -0.493 e. The maximum atomic E-state index is 12.9. The molecule has 1 N–H and O–H groups in total. The summed E-state index contributed by atoms with van der Waals surface area (Å²) in [6.45, 7) is 16.9. The minimum absolute atomic E-state index is 0.175. The van der Waals surface area contributed by atoms with E-state index < -0.39 is 11.0 Å². The number of esters is 1. The summed E-state index contributed by atoms with van der Waals surface area (Å²) in [7, 11) is 4.50. The van der Waals surface area contributed by atoms with Crippen molar-refractivity contribution in [1.82, 2.24) is 5.32 Å². The SMILES string of the molecule is C=C(C)[C@H]1Cc2c(ccc3c2O[C@]2(C)COc4cc(OC)c(OC)cc4[C@]2(C)/C3=N/OCC(=O)NCCOCCOCCOCCOCCOCCOCCOCCOCCC(=O)OC)O1. The molecule has 0 aromatic heterocycles. The van der Waals surface area contributed by atoms with E-state index in [9.17, 15) is 9.59 Å². The van der Waals surface area contributed by atoms with Crippen molar-refractivity contribution in [2.24, 2.45) is 5.16 Å². The zero-order valence-corrected chi connectivity index (χ0v) is 39.3. The molecule has 3 atom stereocenters. The van der Waals surface area contributed by atoms with Gasteiger partial charge in [-0.3, -0.25) is 9.59 Å². The van der Waals surface area contributed by atoms with Gasteiger partial charge in [0.25, 0.3) is 5.91 Å². The number of oxime groups is 1. The van der Waals surface area contributed by atoms with Gasteiger partial charge < -0.3 is 76.5 Å². The van der Waals surface area contributed by atoms with E-state index in [4.69, 9.17) is 71.6 Å². The molecular weight excluding hydrogens is 865 g/mol. The van der Waals surface area contributed by atoms with Crippen LogP contribution in [0, 0.1) is 0 Å². The quantitative estimate of drug-likeness (QED) is 0.0471. The van der Waals surface area contributed by atoms with E-state index in [1.54, 1.807) is 20.3 Å². The van der Waals surface area contributed by atoms with Gasteiger partial charge in [0.05, 0.1) is 139 Å². The topological polar surface area (TPSA) is 197 Å². The van der Waals surface area contributed by atoms with E-state index in [0.717, 1.165) is 28.0 Å². The average Bonchev–Trinajstić information content (AvgIpc) is 3.77. The molecule has 19 heteroatoms. The van der Waals surface area contributed by atoms with E-state index in [2.05, 4.69) is 16.6 Å². The number of rotatable bonds is 33. The summed E-state index contributed by atoms with van der Waals surface area (Å²) >= 11 is 0. The number of hydrogen-bond donors (Lipinski definition) is 1. The number of fused-ring (bicyclic) bond motifs is 6. The van der Waals surface area contributed by atoms with Crippen LogP contribution in [0.3, 0.4) is 0 Å². The highest BCUT2D eigenvalue weighted by Gasteiger charge is 2.61. The van der Waals surface area contributed by atoms with Crippen LogP contribution in [-0.4, -0.2) is 176 Å². The maximum Gasteiger partial charge on any atom is 0.307 e. The minimum atomic E-state index is -0.946. The van der Waals surface area contributed by atoms with Crippen LogP contribution in [0.2, 0.25) is 0 Å². The van der Waals surface area contributed by atoms with E-state index in [1.807, 2.05) is 39.0 Å². The van der Waals surface area contributed by atoms with Gasteiger partial charge in [-0.1, -0.05) is 11.7 Å². The zero-order chi connectivity index (χ0) is 47.2. The van der Waals surface area contributed by atoms with Crippen LogP contribution in [0.5, 0.6) is 28.7 Å². The van der Waals surface area contributed by atoms with E-state index >= 15 is 0 Å². The highest BCUT2D eigenvalue weighted by atomic mass is 16.6. The van der Waals surface area contributed by atoms with Crippen molar-refractivity contribution in [2.45, 2.75) is 50.7 Å². The lowest BCUT2D eigenvalue weighted by molar-refractivity contribution is -0.142. The number of methoxy groups -OCH3 is 3. The second-order valence-electron chi connectivity index (χ2n) is 15.8. The lowest BCUT2D eigenvalue weighted by atomic mass is 9.61. The molecule has 5 rings (SSSR count). The second kappa shape index (κ2) is 27.2. The first-order valence-corrected chi connectivity index (χ1v) is 22.3. The summed E-state index contributed by atoms with van der Waals surface area (Å²) in [5.41, 5.74) is 2.05. The first-order valence-electron chi connectivity index (χ1n) is 22.3. The van der Waals surface area contributed by atoms with Crippen molar-refractivity contribution in [3.63, 3.8) is 0 Å². The molecule has 0 unspecified atom stereocenters. The van der Waals surface area contributed by atoms with Gasteiger partial charge in [-0.15, -0.1) is 0 Å². The van der Waals surface area contributed by atoms with Gasteiger partial charge in [0.15, 0.2) is 23.7 Å². The predicted octanol–water partition coefficient (Wildman–Crippen LogP) is 3.62. The van der Waals surface area contributed by atoms with Crippen molar-refractivity contribution >= 4 is 17.6 Å². The molecule has 368 valence electrons. The molecule has 19 nitrogen and oxygen atoms in total. The fourth-order valence-electron chi connectivity index (χ4n) is 7.40. The maximum absolute atomic E-state index is 12.9. The number of benzene rings is 2. The largest absolute Gasteiger partial charge is 0.493 e. The van der Waals surface area contributed by atoms with E-state index in [1.165, 1.54) is 7.11 Å². The summed E-state index contributed by atoms with van der Waals surface area (Å²) < 4.78 is 79.1. The Morgan fingerprint density at radius 1 is 0.742 bits per heavy atom. The van der Waals surface area contributed by atoms with Gasteiger partial charge in [0, 0.05) is 35.7 Å². The molecule has 2 aromatic carbocycles. The van der Waals surface area contributed by atoms with E-state index in [-0.39, 0.29) is 44.2 Å². The van der Waals surface area contributed by atoms with Crippen LogP contribution in [0.15, 0.2) is 41.6 Å². The smallest absolute Gasteiger partial charge is 0.307 e. The lowest BCUT2D eigenvalue weighted by Crippen LogP contribution is -2.64. The van der Waals surface area contributed by atoms with Crippen molar-refractivity contribution in [1.29, 1.82) is 0 Å². The number of carbonyl (C=O) groups is 2. The normalized spacial score (nSPS) is 19.6. The Hall–Kier alpha value is -4.73. The standard InChI is InChI=1S/C47H68N2O17/c1-33(2)38-28-35-37(65-38)9-8-34-44(35)66-46(3)32-63-39-30-41(53-6)40(52-5)29-36(39)47(46,4)45(34)49-64-31-42(50)48-11-13-56-15-17-58-19-21-60-23-25-62-27-26-61-24-22-59-20-18-57-16-14-55-12-10-43(51)54-7/h8-9,29-30,38H,1,10-28,31-32H2,2-7H3,(H,48,50)/b49-45+/t38-,46-,47-/m1/s1. The van der Waals surface area contributed by atoms with Crippen molar-refractivity contribution in [3.05, 3.63) is 53.1 Å². The van der Waals surface area contributed by atoms with Gasteiger partial charge >= 0.3 is 5.97 Å². The van der Waals surface area contributed by atoms with Crippen LogP contribution in [0.1, 0.15) is 43.9 Å². The van der Waals surface area contributed by atoms with Gasteiger partial charge in [0.2, 0.25) is 0 Å². The highest BCUT2D eigenvalue weighted by molar-refractivity contribution is 6.12. The molecule has 66 heavy (non-hydrogen) atoms. The van der Waals surface area contributed by atoms with Crippen LogP contribution in [0.25, 0.3) is 0 Å². The van der Waals surface area contributed by atoms with Gasteiger partial charge in [0.1, 0.15) is 35.7 Å². The molecule has 0 aliphatic carbocycles. The van der Waals surface area contributed by atoms with Crippen LogP contribution in [0.4, 0.5) is 0 Å². The first kappa shape index (κ1) is 52.2. The third kappa shape index (κ3) is 14.4. The predicted molar refractivity (Wildman–Crippen MR) is 239 cm³/mol. The molecule has 3 heterocycles. The Morgan fingerprint density at radius 2 is 1.27 bits per heavy atom. The molecule has 3 aliphatic heterocycles. The Kier molecular flexibility index (Phi) is 21.5. The summed E-state index contributed by atoms with van der Waals surface area (Å²) in [4.78, 5) is 29.7. The Morgan fingerprint density at radius 3 is 1.80 bits per heavy atom. The fourth-order valence-corrected chi connectivity index (χ4v) is 7.40. The zero-order valence-electron chi connectivity index (χ0n) is 39.3. The molecule has 0 saturated heterocycles. The molecule has 0 saturated carbocycles. The molecule has 0 fully saturated rings. The summed E-state index contributed by atoms with van der Waals surface area (Å²) in [5, 5.41) is 7.51. The lowest BCUT2D eigenvalue weighted by Gasteiger charge is -2.53. The molecular formula is C47H68N2O17. The van der Waals surface area contributed by atoms with Crippen LogP contribution >= 0.6 is 0 Å². The fraction of sp³-hybridized carbons (Fsp3) is 0.638. The summed E-state index contributed by atoms with van der Waals surface area (Å²) in [6, 6.07) is 7.52. The average molecular weight is 933 g/mol. The van der Waals surface area contributed by atoms with Gasteiger partial charge in [-0.2, -0.15) is 0 Å². The third-order valence-electron chi connectivity index (χ3n) is 11.3. The molecule has 0 radical (unpaired) electrons. The van der Waals surface area contributed by atoms with Gasteiger partial charge in [-0.05, 0) is 44.5 Å². The van der Waals surface area contributed by atoms with Crippen LogP contribution in [-0.2, 0) is 68.9 Å². The summed E-state index contributed by atoms with van der Waals surface area (Å²) in [5.74, 6) is 2.37. The van der Waals surface area contributed by atoms with Gasteiger partial charge in [-0.25, -0.2) is 0 Å². The molecule has 2 aromatic rings. The number of hydrogen-bond acceptors (Lipinski definition) is 18. The molecule has 0 spiro atoms. The Balaban J connectivity index is 0.923. The van der Waals surface area contributed by atoms with E-state index in [0.29, 0.717) is 141 Å². The van der Waals surface area contributed by atoms with Crippen molar-refractivity contribution in [2.75, 3.05) is 147 Å². The number of nitrogens with zero attached hydrogens (tertiary/aromatic N) is 1. The first-order chi connectivity index (χ1) is 32.1. The van der Waals surface area contributed by atoms with Crippen molar-refractivity contribution in [3.8, 4) is 28.7 Å². The summed E-state index contributed by atoms with van der Waals surface area (Å²) in [6.07, 6.45) is 0.649. The number of amides is 1. The Bertz CT molecular complexity index is 1890. The Labute approximate surface area is 387 Å². The number of carbonyl (C=O) groups excluding carboxylic acids is 2. The van der Waals surface area contributed by atoms with Crippen LogP contribution < -0.4 is 29.0 Å². The third-order valence-corrected chi connectivity index (χ3v) is 11.3.